The van der Waals surface area contributed by atoms with Gasteiger partial charge in [-0.1, -0.05) is 24.3 Å². The highest BCUT2D eigenvalue weighted by Crippen LogP contribution is 2.23. The van der Waals surface area contributed by atoms with Gasteiger partial charge in [0.05, 0.1) is 11.7 Å². The second kappa shape index (κ2) is 13.3. The van der Waals surface area contributed by atoms with Crippen LogP contribution in [0.25, 0.3) is 10.9 Å². The molecule has 3 amide bonds. The Morgan fingerprint density at radius 1 is 1.02 bits per heavy atom. The first-order valence-corrected chi connectivity index (χ1v) is 14.3. The molecule has 11 heteroatoms. The quantitative estimate of drug-likeness (QED) is 0.198. The molecule has 0 spiro atoms. The van der Waals surface area contributed by atoms with E-state index >= 15 is 0 Å². The topological polar surface area (TPSA) is 137 Å². The van der Waals surface area contributed by atoms with Crippen LogP contribution in [-0.2, 0) is 25.6 Å². The zero-order chi connectivity index (χ0) is 31.3. The van der Waals surface area contributed by atoms with Crippen molar-refractivity contribution in [2.75, 3.05) is 6.54 Å². The maximum atomic E-state index is 14.0. The number of aromatic nitrogens is 1. The monoisotopic (exact) mass is 594 g/mol. The molecule has 0 saturated carbocycles. The highest BCUT2D eigenvalue weighted by molar-refractivity contribution is 6.38. The molecule has 0 aliphatic carbocycles. The van der Waals surface area contributed by atoms with E-state index in [9.17, 15) is 32.8 Å². The van der Waals surface area contributed by atoms with Crippen LogP contribution in [0.3, 0.4) is 0 Å². The molecule has 2 heterocycles. The van der Waals surface area contributed by atoms with E-state index in [1.165, 1.54) is 6.07 Å². The largest absolute Gasteiger partial charge is 0.356 e. The number of piperidine rings is 1. The van der Waals surface area contributed by atoms with Crippen molar-refractivity contribution in [3.05, 3.63) is 71.4 Å². The summed E-state index contributed by atoms with van der Waals surface area (Å²) in [7, 11) is 0. The van der Waals surface area contributed by atoms with E-state index < -0.39 is 58.4 Å². The fourth-order valence-electron chi connectivity index (χ4n) is 5.19. The summed E-state index contributed by atoms with van der Waals surface area (Å²) in [5.74, 6) is -7.12. The zero-order valence-electron chi connectivity index (χ0n) is 24.4. The Hall–Kier alpha value is -4.41. The minimum absolute atomic E-state index is 0.109. The van der Waals surface area contributed by atoms with Crippen molar-refractivity contribution in [1.82, 2.24) is 20.9 Å². The number of hydrogen-bond donors (Lipinski definition) is 4. The number of carbonyl (C=O) groups is 5. The summed E-state index contributed by atoms with van der Waals surface area (Å²) in [4.78, 5) is 68.8. The van der Waals surface area contributed by atoms with Gasteiger partial charge in [-0.05, 0) is 76.3 Å². The number of para-hydroxylation sites is 1. The average Bonchev–Trinajstić information content (AvgIpc) is 3.39. The Balaban J connectivity index is 1.61. The molecule has 1 saturated heterocycles. The summed E-state index contributed by atoms with van der Waals surface area (Å²) in [6.07, 6.45) is 0.577. The first-order valence-electron chi connectivity index (χ1n) is 14.3. The first-order chi connectivity index (χ1) is 20.3. The number of halogens is 2. The Labute approximate surface area is 248 Å². The third-order valence-corrected chi connectivity index (χ3v) is 7.36. The standard InChI is InChI=1S/C32H36F2N4O5/c1-32(2,3)38-31(43)28(40)26(16-20-8-6-12-35-29(20)41)37-30(42)21(13-18-10-11-22(33)23(34)14-18)17-27(39)25-15-19-7-4-5-9-24(19)36-25/h4-5,7,9-11,14-15,20-21,26,36H,6,8,12-13,16-17H2,1-3H3,(H,35,41)(H,37,42)(H,38,43)/t20-,21+,26-/m0/s1. The SMILES string of the molecule is CC(C)(C)NC(=O)C(=O)[C@H](C[C@@H]1CCCNC1=O)NC(=O)[C@@H](CC(=O)c1cc2ccccc2[nH]1)Cc1ccc(F)c(F)c1. The summed E-state index contributed by atoms with van der Waals surface area (Å²) >= 11 is 0. The summed E-state index contributed by atoms with van der Waals surface area (Å²) in [6.45, 7) is 5.60. The molecule has 3 aromatic rings. The number of H-pyrrole nitrogens is 1. The maximum absolute atomic E-state index is 14.0. The molecule has 4 N–H and O–H groups in total. The van der Waals surface area contributed by atoms with Gasteiger partial charge in [0.1, 0.15) is 0 Å². The Kier molecular flexibility index (Phi) is 9.73. The van der Waals surface area contributed by atoms with Crippen molar-refractivity contribution >= 4 is 40.2 Å². The minimum Gasteiger partial charge on any atom is -0.356 e. The number of aromatic amines is 1. The minimum atomic E-state index is -1.35. The second-order valence-corrected chi connectivity index (χ2v) is 12.0. The smallest absolute Gasteiger partial charge is 0.290 e. The third-order valence-electron chi connectivity index (χ3n) is 7.36. The predicted octanol–water partition coefficient (Wildman–Crippen LogP) is 3.76. The molecule has 0 bridgehead atoms. The van der Waals surface area contributed by atoms with E-state index in [4.69, 9.17) is 0 Å². The van der Waals surface area contributed by atoms with Gasteiger partial charge < -0.3 is 20.9 Å². The summed E-state index contributed by atoms with van der Waals surface area (Å²) in [5.41, 5.74) is 0.530. The van der Waals surface area contributed by atoms with Gasteiger partial charge in [-0.25, -0.2) is 8.78 Å². The van der Waals surface area contributed by atoms with E-state index in [2.05, 4.69) is 20.9 Å². The Morgan fingerprint density at radius 2 is 1.77 bits per heavy atom. The van der Waals surface area contributed by atoms with Crippen LogP contribution in [0.5, 0.6) is 0 Å². The molecule has 228 valence electrons. The van der Waals surface area contributed by atoms with Gasteiger partial charge in [0, 0.05) is 41.2 Å². The number of Topliss-reactive ketones (excluding diaryl/α,β-unsaturated/α-hetero) is 2. The van der Waals surface area contributed by atoms with E-state index in [1.807, 2.05) is 18.2 Å². The van der Waals surface area contributed by atoms with Crippen LogP contribution in [0.15, 0.2) is 48.5 Å². The van der Waals surface area contributed by atoms with E-state index in [-0.39, 0.29) is 36.4 Å². The summed E-state index contributed by atoms with van der Waals surface area (Å²) < 4.78 is 27.7. The molecule has 1 aliphatic rings. The van der Waals surface area contributed by atoms with Crippen LogP contribution in [0, 0.1) is 23.5 Å². The fraction of sp³-hybridized carbons (Fsp3) is 0.406. The number of ketones is 2. The average molecular weight is 595 g/mol. The zero-order valence-corrected chi connectivity index (χ0v) is 24.4. The first kappa shape index (κ1) is 31.5. The summed E-state index contributed by atoms with van der Waals surface area (Å²) in [5, 5.41) is 8.75. The molecule has 4 rings (SSSR count). The molecule has 9 nitrogen and oxygen atoms in total. The summed E-state index contributed by atoms with van der Waals surface area (Å²) in [6, 6.07) is 10.8. The Morgan fingerprint density at radius 3 is 2.44 bits per heavy atom. The van der Waals surface area contributed by atoms with Crippen LogP contribution in [0.2, 0.25) is 0 Å². The van der Waals surface area contributed by atoms with Crippen LogP contribution >= 0.6 is 0 Å². The fourth-order valence-corrected chi connectivity index (χ4v) is 5.19. The van der Waals surface area contributed by atoms with Gasteiger partial charge in [0.15, 0.2) is 17.4 Å². The van der Waals surface area contributed by atoms with Crippen LogP contribution in [-0.4, -0.2) is 52.4 Å². The lowest BCUT2D eigenvalue weighted by molar-refractivity contribution is -0.142. The lowest BCUT2D eigenvalue weighted by Crippen LogP contribution is -2.54. The molecule has 43 heavy (non-hydrogen) atoms. The third kappa shape index (κ3) is 8.33. The molecule has 2 aromatic carbocycles. The van der Waals surface area contributed by atoms with Crippen LogP contribution in [0.1, 0.15) is 62.5 Å². The number of carbonyl (C=O) groups excluding carboxylic acids is 5. The number of amides is 3. The van der Waals surface area contributed by atoms with Crippen molar-refractivity contribution < 1.29 is 32.8 Å². The van der Waals surface area contributed by atoms with Crippen LogP contribution in [0.4, 0.5) is 8.78 Å². The highest BCUT2D eigenvalue weighted by atomic mass is 19.2. The predicted molar refractivity (Wildman–Crippen MR) is 156 cm³/mol. The van der Waals surface area contributed by atoms with Crippen LogP contribution < -0.4 is 16.0 Å². The van der Waals surface area contributed by atoms with Crippen molar-refractivity contribution in [3.63, 3.8) is 0 Å². The second-order valence-electron chi connectivity index (χ2n) is 12.0. The van der Waals surface area contributed by atoms with Gasteiger partial charge in [0.2, 0.25) is 17.6 Å². The molecule has 0 unspecified atom stereocenters. The van der Waals surface area contributed by atoms with Gasteiger partial charge in [-0.15, -0.1) is 0 Å². The van der Waals surface area contributed by atoms with Crippen molar-refractivity contribution in [3.8, 4) is 0 Å². The number of nitrogens with one attached hydrogen (secondary N) is 4. The highest BCUT2D eigenvalue weighted by Gasteiger charge is 2.36. The maximum Gasteiger partial charge on any atom is 0.290 e. The molecule has 1 fully saturated rings. The number of fused-ring (bicyclic) bond motifs is 1. The molecule has 1 aromatic heterocycles. The van der Waals surface area contributed by atoms with E-state index in [0.29, 0.717) is 19.4 Å². The Bertz CT molecular complexity index is 1510. The van der Waals surface area contributed by atoms with Crippen molar-refractivity contribution in [1.29, 1.82) is 0 Å². The van der Waals surface area contributed by atoms with Crippen molar-refractivity contribution in [2.45, 2.75) is 64.5 Å². The van der Waals surface area contributed by atoms with Gasteiger partial charge in [0.25, 0.3) is 5.91 Å². The molecular weight excluding hydrogens is 558 g/mol. The molecule has 3 atom stereocenters. The molecular formula is C32H36F2N4O5. The molecule has 0 radical (unpaired) electrons. The lowest BCUT2D eigenvalue weighted by atomic mass is 9.88. The van der Waals surface area contributed by atoms with Gasteiger partial charge in [-0.3, -0.25) is 24.0 Å². The lowest BCUT2D eigenvalue weighted by Gasteiger charge is -2.28. The van der Waals surface area contributed by atoms with Gasteiger partial charge >= 0.3 is 0 Å². The number of benzene rings is 2. The van der Waals surface area contributed by atoms with Crippen molar-refractivity contribution in [2.24, 2.45) is 11.8 Å². The van der Waals surface area contributed by atoms with Gasteiger partial charge in [-0.2, -0.15) is 0 Å². The normalized spacial score (nSPS) is 16.7. The van der Waals surface area contributed by atoms with E-state index in [0.717, 1.165) is 23.0 Å². The number of rotatable bonds is 11. The molecule has 1 aliphatic heterocycles. The van der Waals surface area contributed by atoms with E-state index in [1.54, 1.807) is 32.9 Å². The number of hydrogen-bond acceptors (Lipinski definition) is 5.